The second-order valence-electron chi connectivity index (χ2n) is 4.62. The van der Waals surface area contributed by atoms with Gasteiger partial charge in [-0.1, -0.05) is 0 Å². The van der Waals surface area contributed by atoms with Crippen molar-refractivity contribution < 1.29 is 0 Å². The molecule has 2 N–H and O–H groups in total. The Morgan fingerprint density at radius 1 is 1.62 bits per heavy atom. The zero-order valence-electron chi connectivity index (χ0n) is 9.16. The predicted octanol–water partition coefficient (Wildman–Crippen LogP) is 0.217. The molecule has 2 atom stereocenters. The van der Waals surface area contributed by atoms with E-state index in [1.165, 1.54) is 26.1 Å². The Morgan fingerprint density at radius 3 is 2.77 bits per heavy atom. The standard InChI is InChI=1S/C10H23N3/c1-9(11)6-13(3)8-10-4-5-12(2)7-10/h9-10H,4-8,11H2,1-3H3/t9-,10?/m0/s1. The van der Waals surface area contributed by atoms with Gasteiger partial charge < -0.3 is 15.5 Å². The summed E-state index contributed by atoms with van der Waals surface area (Å²) in [6, 6.07) is 0.295. The molecule has 0 aromatic rings. The lowest BCUT2D eigenvalue weighted by Gasteiger charge is -2.22. The maximum Gasteiger partial charge on any atom is 0.0139 e. The summed E-state index contributed by atoms with van der Waals surface area (Å²) in [7, 11) is 4.37. The van der Waals surface area contributed by atoms with Crippen LogP contribution in [-0.4, -0.2) is 56.1 Å². The highest BCUT2D eigenvalue weighted by Gasteiger charge is 2.20. The van der Waals surface area contributed by atoms with Crippen molar-refractivity contribution in [2.75, 3.05) is 40.3 Å². The molecule has 0 saturated carbocycles. The second kappa shape index (κ2) is 4.94. The van der Waals surface area contributed by atoms with Crippen molar-refractivity contribution in [3.8, 4) is 0 Å². The van der Waals surface area contributed by atoms with Crippen molar-refractivity contribution in [3.63, 3.8) is 0 Å². The molecule has 0 radical (unpaired) electrons. The molecule has 1 fully saturated rings. The first-order valence-electron chi connectivity index (χ1n) is 5.20. The molecule has 1 unspecified atom stereocenters. The molecule has 1 rings (SSSR count). The minimum Gasteiger partial charge on any atom is -0.327 e. The van der Waals surface area contributed by atoms with Gasteiger partial charge in [-0.05, 0) is 39.9 Å². The topological polar surface area (TPSA) is 32.5 Å². The largest absolute Gasteiger partial charge is 0.327 e. The van der Waals surface area contributed by atoms with Crippen LogP contribution in [0.5, 0.6) is 0 Å². The molecule has 1 aliphatic heterocycles. The average Bonchev–Trinajstić information content (AvgIpc) is 2.33. The minimum absolute atomic E-state index is 0.295. The van der Waals surface area contributed by atoms with Crippen LogP contribution in [0, 0.1) is 5.92 Å². The van der Waals surface area contributed by atoms with Gasteiger partial charge >= 0.3 is 0 Å². The van der Waals surface area contributed by atoms with Gasteiger partial charge in [0.25, 0.3) is 0 Å². The molecule has 78 valence electrons. The van der Waals surface area contributed by atoms with Crippen LogP contribution in [0.15, 0.2) is 0 Å². The molecule has 1 saturated heterocycles. The highest BCUT2D eigenvalue weighted by Crippen LogP contribution is 2.14. The van der Waals surface area contributed by atoms with Gasteiger partial charge in [0.1, 0.15) is 0 Å². The van der Waals surface area contributed by atoms with Crippen LogP contribution in [-0.2, 0) is 0 Å². The molecule has 0 spiro atoms. The molecule has 3 heteroatoms. The summed E-state index contributed by atoms with van der Waals surface area (Å²) in [4.78, 5) is 4.76. The maximum atomic E-state index is 5.74. The van der Waals surface area contributed by atoms with Gasteiger partial charge in [0.05, 0.1) is 0 Å². The summed E-state index contributed by atoms with van der Waals surface area (Å²) < 4.78 is 0. The fraction of sp³-hybridized carbons (Fsp3) is 1.00. The van der Waals surface area contributed by atoms with Crippen molar-refractivity contribution in [1.29, 1.82) is 0 Å². The van der Waals surface area contributed by atoms with Crippen LogP contribution in [0.3, 0.4) is 0 Å². The Balaban J connectivity index is 2.16. The monoisotopic (exact) mass is 185 g/mol. The Hall–Kier alpha value is -0.120. The van der Waals surface area contributed by atoms with E-state index in [2.05, 4.69) is 30.8 Å². The van der Waals surface area contributed by atoms with E-state index in [0.717, 1.165) is 12.5 Å². The molecule has 13 heavy (non-hydrogen) atoms. The number of hydrogen-bond acceptors (Lipinski definition) is 3. The van der Waals surface area contributed by atoms with Crippen LogP contribution >= 0.6 is 0 Å². The Morgan fingerprint density at radius 2 is 2.31 bits per heavy atom. The highest BCUT2D eigenvalue weighted by atomic mass is 15.2. The maximum absolute atomic E-state index is 5.74. The molecule has 1 heterocycles. The highest BCUT2D eigenvalue weighted by molar-refractivity contribution is 4.75. The SMILES string of the molecule is C[C@H](N)CN(C)CC1CCN(C)C1. The lowest BCUT2D eigenvalue weighted by molar-refractivity contribution is 0.263. The van der Waals surface area contributed by atoms with Crippen LogP contribution in [0.4, 0.5) is 0 Å². The molecular weight excluding hydrogens is 162 g/mol. The molecular formula is C10H23N3. The number of likely N-dealkylation sites (tertiary alicyclic amines) is 1. The van der Waals surface area contributed by atoms with Gasteiger partial charge in [0, 0.05) is 25.7 Å². The first-order chi connectivity index (χ1) is 6.08. The van der Waals surface area contributed by atoms with Crippen LogP contribution in [0.25, 0.3) is 0 Å². The third kappa shape index (κ3) is 4.07. The van der Waals surface area contributed by atoms with Gasteiger partial charge in [-0.15, -0.1) is 0 Å². The number of rotatable bonds is 4. The van der Waals surface area contributed by atoms with E-state index in [1.807, 2.05) is 0 Å². The van der Waals surface area contributed by atoms with E-state index in [9.17, 15) is 0 Å². The van der Waals surface area contributed by atoms with E-state index in [-0.39, 0.29) is 0 Å². The Kier molecular flexibility index (Phi) is 4.16. The van der Waals surface area contributed by atoms with Crippen molar-refractivity contribution in [2.24, 2.45) is 11.7 Å². The lowest BCUT2D eigenvalue weighted by Crippen LogP contribution is -2.36. The molecule has 0 aliphatic carbocycles. The Labute approximate surface area is 81.9 Å². The fourth-order valence-corrected chi connectivity index (χ4v) is 2.18. The molecule has 0 aromatic heterocycles. The summed E-state index contributed by atoms with van der Waals surface area (Å²) >= 11 is 0. The Bertz CT molecular complexity index is 147. The van der Waals surface area contributed by atoms with Gasteiger partial charge in [-0.2, -0.15) is 0 Å². The number of nitrogens with two attached hydrogens (primary N) is 1. The third-order valence-electron chi connectivity index (χ3n) is 2.66. The first kappa shape index (κ1) is 11.0. The van der Waals surface area contributed by atoms with Crippen LogP contribution in [0.1, 0.15) is 13.3 Å². The van der Waals surface area contributed by atoms with E-state index >= 15 is 0 Å². The number of nitrogens with zero attached hydrogens (tertiary/aromatic N) is 2. The van der Waals surface area contributed by atoms with Gasteiger partial charge in [-0.25, -0.2) is 0 Å². The first-order valence-corrected chi connectivity index (χ1v) is 5.20. The number of likely N-dealkylation sites (N-methyl/N-ethyl adjacent to an activating group) is 1. The van der Waals surface area contributed by atoms with Gasteiger partial charge in [0.15, 0.2) is 0 Å². The second-order valence-corrected chi connectivity index (χ2v) is 4.62. The van der Waals surface area contributed by atoms with Crippen LogP contribution < -0.4 is 5.73 Å². The zero-order valence-corrected chi connectivity index (χ0v) is 9.16. The normalized spacial score (nSPS) is 27.0. The summed E-state index contributed by atoms with van der Waals surface area (Å²) in [5, 5.41) is 0. The predicted molar refractivity (Wildman–Crippen MR) is 56.8 cm³/mol. The molecule has 0 aromatic carbocycles. The quantitative estimate of drug-likeness (QED) is 0.680. The van der Waals surface area contributed by atoms with E-state index in [4.69, 9.17) is 5.73 Å². The minimum atomic E-state index is 0.295. The van der Waals surface area contributed by atoms with Crippen molar-refractivity contribution >= 4 is 0 Å². The number of hydrogen-bond donors (Lipinski definition) is 1. The lowest BCUT2D eigenvalue weighted by atomic mass is 10.1. The van der Waals surface area contributed by atoms with E-state index in [0.29, 0.717) is 6.04 Å². The molecule has 0 amide bonds. The zero-order chi connectivity index (χ0) is 9.84. The van der Waals surface area contributed by atoms with Crippen LogP contribution in [0.2, 0.25) is 0 Å². The van der Waals surface area contributed by atoms with Crippen molar-refractivity contribution in [2.45, 2.75) is 19.4 Å². The van der Waals surface area contributed by atoms with E-state index in [1.54, 1.807) is 0 Å². The summed E-state index contributed by atoms with van der Waals surface area (Å²) in [6.07, 6.45) is 1.35. The van der Waals surface area contributed by atoms with Crippen molar-refractivity contribution in [3.05, 3.63) is 0 Å². The summed E-state index contributed by atoms with van der Waals surface area (Å²) in [5.74, 6) is 0.855. The van der Waals surface area contributed by atoms with Gasteiger partial charge in [-0.3, -0.25) is 0 Å². The fourth-order valence-electron chi connectivity index (χ4n) is 2.18. The van der Waals surface area contributed by atoms with E-state index < -0.39 is 0 Å². The third-order valence-corrected chi connectivity index (χ3v) is 2.66. The molecule has 3 nitrogen and oxygen atoms in total. The summed E-state index contributed by atoms with van der Waals surface area (Å²) in [6.45, 7) is 6.79. The molecule has 0 bridgehead atoms. The average molecular weight is 185 g/mol. The molecule has 1 aliphatic rings. The summed E-state index contributed by atoms with van der Waals surface area (Å²) in [5.41, 5.74) is 5.74. The smallest absolute Gasteiger partial charge is 0.0139 e. The van der Waals surface area contributed by atoms with Crippen molar-refractivity contribution in [1.82, 2.24) is 9.80 Å². The van der Waals surface area contributed by atoms with Gasteiger partial charge in [0.2, 0.25) is 0 Å².